The molecule has 11 fully saturated rings. The molecule has 1 amide bonds. The molecular weight excluding hydrogens is 1480 g/mol. The number of carbonyl (C=O) groups is 1. The Morgan fingerprint density at radius 3 is 0.798 bits per heavy atom. The number of rotatable bonds is 4. The van der Waals surface area contributed by atoms with E-state index in [1.807, 2.05) is 65.6 Å². The van der Waals surface area contributed by atoms with Crippen LogP contribution in [-0.2, 0) is 17.9 Å². The third kappa shape index (κ3) is 56.7. The second-order valence-electron chi connectivity index (χ2n) is 37.1. The third-order valence-corrected chi connectivity index (χ3v) is 23.8. The molecule has 20 nitrogen and oxygen atoms in total. The number of piperazine rings is 2. The van der Waals surface area contributed by atoms with Crippen LogP contribution in [-0.4, -0.2) is 210 Å². The van der Waals surface area contributed by atoms with Crippen LogP contribution >= 0.6 is 0 Å². The first kappa shape index (κ1) is 112. The number of likely N-dealkylation sites (N-methyl/N-ethyl adjacent to an activating group) is 3. The molecule has 3 aliphatic heterocycles. The molecule has 2 aromatic heterocycles. The molecule has 688 valence electrons. The molecule has 0 radical (unpaired) electrons. The van der Waals surface area contributed by atoms with Gasteiger partial charge in [-0.05, 0) is 184 Å². The first-order chi connectivity index (χ1) is 55.7. The van der Waals surface area contributed by atoms with E-state index in [-0.39, 0.29) is 45.7 Å². The van der Waals surface area contributed by atoms with Crippen LogP contribution < -0.4 is 51.6 Å². The Balaban J connectivity index is 0.000000662. The fraction of sp³-hybridized carbons (Fsp3) is 0.768. The summed E-state index contributed by atoms with van der Waals surface area (Å²) in [4.78, 5) is 33.2. The highest BCUT2D eigenvalue weighted by molar-refractivity contribution is 5.88. The largest absolute Gasteiger partial charge is 0.506 e. The molecule has 8 saturated carbocycles. The van der Waals surface area contributed by atoms with Crippen molar-refractivity contribution in [3.8, 4) is 11.5 Å². The van der Waals surface area contributed by atoms with Crippen LogP contribution in [0.5, 0.6) is 11.5 Å². The molecule has 0 unspecified atom stereocenters. The minimum atomic E-state index is 0. The van der Waals surface area contributed by atoms with Gasteiger partial charge >= 0.3 is 0 Å². The SMILES string of the molecule is C.C.C.CC(=O)N1CCN(C)CC1.CC(C)(C)C.CN1CCCN(Cc2ccc(O)c3ncccc23)CC1.CN1CCN(Cc2ccc(O)c3ncccc23)CC1.NC1C=CC=C1.NC1CCCCC1.NC1CCCCC1.NC1CCCCC1.NC1CCCCC1.NC1CCCCC1.NC1CCCCC1.NC1CCCCC1.NC1CCCCC1. The molecule has 0 spiro atoms. The summed E-state index contributed by atoms with van der Waals surface area (Å²) < 4.78 is 0. The molecule has 16 rings (SSSR count). The molecule has 0 atom stereocenters. The molecule has 119 heavy (non-hydrogen) atoms. The van der Waals surface area contributed by atoms with Gasteiger partial charge in [0.25, 0.3) is 0 Å². The van der Waals surface area contributed by atoms with Crippen LogP contribution in [0.25, 0.3) is 21.8 Å². The number of pyridine rings is 2. The first-order valence-electron chi connectivity index (χ1n) is 46.7. The van der Waals surface area contributed by atoms with Crippen LogP contribution in [0.15, 0.2) is 85.2 Å². The summed E-state index contributed by atoms with van der Waals surface area (Å²) in [5.41, 5.74) is 54.8. The number of phenolic OH excluding ortho intramolecular Hbond substituents is 2. The number of nitrogens with two attached hydrogens (primary N) is 9. The number of phenols is 2. The van der Waals surface area contributed by atoms with E-state index >= 15 is 0 Å². The number of amides is 1. The fourth-order valence-corrected chi connectivity index (χ4v) is 16.1. The molecule has 3 saturated heterocycles. The molecule has 20 heteroatoms. The number of carbonyl (C=O) groups excluding carboxylic acids is 1. The third-order valence-electron chi connectivity index (χ3n) is 23.8. The number of fused-ring (bicyclic) bond motifs is 2. The zero-order valence-electron chi connectivity index (χ0n) is 75.2. The smallest absolute Gasteiger partial charge is 0.219 e. The Bertz CT molecular complexity index is 2880. The van der Waals surface area contributed by atoms with Crippen molar-refractivity contribution in [2.75, 3.05) is 99.7 Å². The standard InChI is InChI=1S/C16H21N3O.C15H19N3O.C7H14N2O.8C6H13N.C5H7N.C5H12.3CH4/c1-18-8-3-9-19(11-10-18)12-13-5-6-15(20)16-14(13)4-2-7-17-16;1-17-7-9-18(10-8-17)11-12-4-5-14(19)15-13(12)3-2-6-16-15;1-7(10)9-5-3-8(2)4-6-9;8*7-6-4-2-1-3-5-6;6-5-3-1-2-4-5;1-5(2,3)4;;;/h2,4-7,20H,3,8-12H2,1H3;2-6,19H,7-11H2,1H3;3-6H2,1-2H3;8*6H,1-5,7H2;1-5H,6H2;1-4H3;3*1H4. The van der Waals surface area contributed by atoms with Crippen molar-refractivity contribution in [3.05, 3.63) is 96.4 Å². The van der Waals surface area contributed by atoms with Crippen molar-refractivity contribution in [3.63, 3.8) is 0 Å². The summed E-state index contributed by atoms with van der Waals surface area (Å²) in [5.74, 6) is 0.728. The number of benzene rings is 2. The van der Waals surface area contributed by atoms with Gasteiger partial charge in [-0.15, -0.1) is 0 Å². The van der Waals surface area contributed by atoms with Gasteiger partial charge in [0.05, 0.1) is 0 Å². The highest BCUT2D eigenvalue weighted by atomic mass is 16.3. The van der Waals surface area contributed by atoms with Gasteiger partial charge in [-0.25, -0.2) is 0 Å². The number of allylic oxidation sites excluding steroid dienone is 2. The number of nitrogens with zero attached hydrogens (tertiary/aromatic N) is 8. The van der Waals surface area contributed by atoms with Crippen LogP contribution in [0.3, 0.4) is 0 Å². The predicted octanol–water partition coefficient (Wildman–Crippen LogP) is 18.2. The summed E-state index contributed by atoms with van der Waals surface area (Å²) >= 11 is 0. The Kier molecular flexibility index (Phi) is 64.7. The van der Waals surface area contributed by atoms with E-state index in [2.05, 4.69) is 83.3 Å². The van der Waals surface area contributed by atoms with Gasteiger partial charge in [0.2, 0.25) is 5.91 Å². The minimum absolute atomic E-state index is 0. The topological polar surface area (TPSA) is 337 Å². The molecule has 0 bridgehead atoms. The summed E-state index contributed by atoms with van der Waals surface area (Å²) in [5, 5.41) is 21.9. The van der Waals surface area contributed by atoms with Crippen molar-refractivity contribution >= 4 is 27.7 Å². The summed E-state index contributed by atoms with van der Waals surface area (Å²) in [7, 11) is 6.43. The molecular formula is C99H189N17O3. The van der Waals surface area contributed by atoms with E-state index in [4.69, 9.17) is 51.6 Å². The molecule has 12 aliphatic rings. The van der Waals surface area contributed by atoms with Crippen LogP contribution in [0.1, 0.15) is 331 Å². The Morgan fingerprint density at radius 2 is 0.580 bits per heavy atom. The van der Waals surface area contributed by atoms with Gasteiger partial charge in [-0.3, -0.25) is 24.6 Å². The summed E-state index contributed by atoms with van der Waals surface area (Å²) in [6.07, 6.45) is 65.8. The van der Waals surface area contributed by atoms with Crippen molar-refractivity contribution in [1.29, 1.82) is 0 Å². The lowest BCUT2D eigenvalue weighted by Gasteiger charge is -2.32. The quantitative estimate of drug-likeness (QED) is 0.0904. The monoisotopic (exact) mass is 1660 g/mol. The van der Waals surface area contributed by atoms with Crippen LogP contribution in [0, 0.1) is 5.41 Å². The fourth-order valence-electron chi connectivity index (χ4n) is 16.1. The van der Waals surface area contributed by atoms with Gasteiger partial charge < -0.3 is 81.4 Å². The average molecular weight is 1670 g/mol. The lowest BCUT2D eigenvalue weighted by atomic mass is 9.97. The number of hydrogen-bond donors (Lipinski definition) is 11. The molecule has 5 heterocycles. The summed E-state index contributed by atoms with van der Waals surface area (Å²) in [6.45, 7) is 25.0. The highest BCUT2D eigenvalue weighted by Crippen LogP contribution is 2.29. The molecule has 2 aromatic carbocycles. The van der Waals surface area contributed by atoms with Crippen molar-refractivity contribution in [2.45, 2.75) is 388 Å². The molecule has 4 aromatic rings. The van der Waals surface area contributed by atoms with E-state index in [9.17, 15) is 15.0 Å². The Morgan fingerprint density at radius 1 is 0.345 bits per heavy atom. The molecule has 20 N–H and O–H groups in total. The number of hydrogen-bond acceptors (Lipinski definition) is 19. The van der Waals surface area contributed by atoms with Gasteiger partial charge in [0.15, 0.2) is 0 Å². The normalized spacial score (nSPS) is 21.1. The van der Waals surface area contributed by atoms with Gasteiger partial charge in [-0.1, -0.05) is 253 Å². The second kappa shape index (κ2) is 68.6. The maximum absolute atomic E-state index is 10.8. The lowest BCUT2D eigenvalue weighted by molar-refractivity contribution is -0.130. The van der Waals surface area contributed by atoms with Crippen molar-refractivity contribution < 1.29 is 15.0 Å². The first-order valence-corrected chi connectivity index (χ1v) is 46.7. The maximum atomic E-state index is 10.8. The van der Waals surface area contributed by atoms with E-state index in [1.54, 1.807) is 31.5 Å². The van der Waals surface area contributed by atoms with Gasteiger partial charge in [-0.2, -0.15) is 0 Å². The van der Waals surface area contributed by atoms with E-state index < -0.39 is 0 Å². The van der Waals surface area contributed by atoms with E-state index in [0.717, 1.165) is 95.9 Å². The second-order valence-corrected chi connectivity index (χ2v) is 37.1. The van der Waals surface area contributed by atoms with E-state index in [0.29, 0.717) is 64.8 Å². The highest BCUT2D eigenvalue weighted by Gasteiger charge is 2.20. The van der Waals surface area contributed by atoms with Crippen LogP contribution in [0.2, 0.25) is 0 Å². The summed E-state index contributed by atoms with van der Waals surface area (Å²) in [6, 6.07) is 20.0. The zero-order valence-corrected chi connectivity index (χ0v) is 75.2. The Hall–Kier alpha value is -4.75. The van der Waals surface area contributed by atoms with E-state index in [1.165, 1.54) is 281 Å². The zero-order chi connectivity index (χ0) is 84.6. The average Bonchev–Trinajstić information content (AvgIpc) is 0.920. The Labute approximate surface area is 730 Å². The lowest BCUT2D eigenvalue weighted by Crippen LogP contribution is -2.46. The van der Waals surface area contributed by atoms with Gasteiger partial charge in [0.1, 0.15) is 22.5 Å². The molecule has 9 aliphatic carbocycles. The van der Waals surface area contributed by atoms with Crippen molar-refractivity contribution in [1.82, 2.24) is 39.4 Å². The number of aromatic nitrogens is 2. The van der Waals surface area contributed by atoms with Crippen molar-refractivity contribution in [2.24, 2.45) is 57.0 Å². The predicted molar refractivity (Wildman–Crippen MR) is 517 cm³/mol. The number of aromatic hydroxyl groups is 2. The maximum Gasteiger partial charge on any atom is 0.219 e. The van der Waals surface area contributed by atoms with Crippen LogP contribution in [0.4, 0.5) is 0 Å². The minimum Gasteiger partial charge on any atom is -0.506 e. The van der Waals surface area contributed by atoms with Gasteiger partial charge in [0, 0.05) is 163 Å².